The average Bonchev–Trinajstić information content (AvgIpc) is 2.49. The van der Waals surface area contributed by atoms with E-state index in [1.165, 1.54) is 5.56 Å². The van der Waals surface area contributed by atoms with E-state index in [2.05, 4.69) is 49.3 Å². The van der Waals surface area contributed by atoms with Crippen LogP contribution in [0.5, 0.6) is 5.75 Å². The zero-order valence-corrected chi connectivity index (χ0v) is 14.0. The third-order valence-corrected chi connectivity index (χ3v) is 4.10. The number of phenolic OH excluding ortho intramolecular Hbond substituents is 1. The molecule has 0 bridgehead atoms. The average molecular weight is 306 g/mol. The molecule has 3 nitrogen and oxygen atoms in total. The molecule has 0 saturated carbocycles. The minimum absolute atomic E-state index is 0.0930. The lowest BCUT2D eigenvalue weighted by Gasteiger charge is -2.20. The van der Waals surface area contributed by atoms with Gasteiger partial charge in [-0.1, -0.05) is 32.9 Å². The summed E-state index contributed by atoms with van der Waals surface area (Å²) in [6.45, 7) is 8.60. The Morgan fingerprint density at radius 3 is 2.48 bits per heavy atom. The first-order valence-corrected chi connectivity index (χ1v) is 7.80. The summed E-state index contributed by atoms with van der Waals surface area (Å²) in [4.78, 5) is 4.52. The molecular formula is C20H22N2O. The molecular weight excluding hydrogens is 284 g/mol. The van der Waals surface area contributed by atoms with Gasteiger partial charge in [0.15, 0.2) is 0 Å². The van der Waals surface area contributed by atoms with Gasteiger partial charge in [0, 0.05) is 17.3 Å². The van der Waals surface area contributed by atoms with Gasteiger partial charge in [0.2, 0.25) is 0 Å². The number of aromatic hydroxyl groups is 1. The summed E-state index contributed by atoms with van der Waals surface area (Å²) in [6, 6.07) is 13.9. The molecule has 2 aromatic carbocycles. The van der Waals surface area contributed by atoms with E-state index in [1.54, 1.807) is 12.1 Å². The zero-order valence-electron chi connectivity index (χ0n) is 14.0. The fourth-order valence-corrected chi connectivity index (χ4v) is 2.65. The first-order valence-electron chi connectivity index (χ1n) is 7.80. The Bertz CT molecular complexity index is 863. The maximum absolute atomic E-state index is 9.56. The topological polar surface area (TPSA) is 45.1 Å². The van der Waals surface area contributed by atoms with Crippen LogP contribution in [0, 0.1) is 6.92 Å². The van der Waals surface area contributed by atoms with E-state index in [0.29, 0.717) is 0 Å². The summed E-state index contributed by atoms with van der Waals surface area (Å²) in [5.74, 6) is 1.11. The lowest BCUT2D eigenvalue weighted by Crippen LogP contribution is -2.10. The number of anilines is 2. The molecule has 0 saturated heterocycles. The second-order valence-electron chi connectivity index (χ2n) is 6.97. The highest BCUT2D eigenvalue weighted by atomic mass is 16.3. The molecule has 0 amide bonds. The Hall–Kier alpha value is -2.55. The van der Waals surface area contributed by atoms with Gasteiger partial charge in [-0.15, -0.1) is 0 Å². The minimum atomic E-state index is 0.0930. The summed E-state index contributed by atoms with van der Waals surface area (Å²) < 4.78 is 0. The predicted octanol–water partition coefficient (Wildman–Crippen LogP) is 5.29. The molecule has 118 valence electrons. The molecule has 0 spiro atoms. The normalized spacial score (nSPS) is 11.7. The number of phenols is 1. The van der Waals surface area contributed by atoms with Gasteiger partial charge >= 0.3 is 0 Å². The van der Waals surface area contributed by atoms with Crippen LogP contribution in [0.25, 0.3) is 10.8 Å². The monoisotopic (exact) mass is 306 g/mol. The van der Waals surface area contributed by atoms with E-state index in [-0.39, 0.29) is 11.2 Å². The van der Waals surface area contributed by atoms with Crippen LogP contribution in [0.15, 0.2) is 48.7 Å². The third kappa shape index (κ3) is 3.14. The van der Waals surface area contributed by atoms with Crippen molar-refractivity contribution in [3.8, 4) is 5.75 Å². The number of nitrogens with one attached hydrogen (secondary N) is 1. The largest absolute Gasteiger partial charge is 0.508 e. The van der Waals surface area contributed by atoms with Crippen molar-refractivity contribution in [2.45, 2.75) is 33.1 Å². The Kier molecular flexibility index (Phi) is 3.72. The summed E-state index contributed by atoms with van der Waals surface area (Å²) in [5, 5.41) is 15.2. The van der Waals surface area contributed by atoms with Crippen LogP contribution in [0.2, 0.25) is 0 Å². The molecule has 0 unspecified atom stereocenters. The third-order valence-electron chi connectivity index (χ3n) is 4.10. The van der Waals surface area contributed by atoms with Crippen molar-refractivity contribution >= 4 is 22.3 Å². The van der Waals surface area contributed by atoms with Crippen LogP contribution in [0.3, 0.4) is 0 Å². The Morgan fingerprint density at radius 2 is 1.78 bits per heavy atom. The zero-order chi connectivity index (χ0) is 16.6. The van der Waals surface area contributed by atoms with Crippen molar-refractivity contribution in [2.24, 2.45) is 0 Å². The van der Waals surface area contributed by atoms with Crippen molar-refractivity contribution < 1.29 is 5.11 Å². The molecule has 23 heavy (non-hydrogen) atoms. The van der Waals surface area contributed by atoms with Gasteiger partial charge < -0.3 is 10.4 Å². The molecule has 3 rings (SSSR count). The predicted molar refractivity (Wildman–Crippen MR) is 96.6 cm³/mol. The van der Waals surface area contributed by atoms with Gasteiger partial charge in [-0.05, 0) is 59.2 Å². The van der Waals surface area contributed by atoms with Crippen molar-refractivity contribution in [1.82, 2.24) is 4.98 Å². The van der Waals surface area contributed by atoms with E-state index >= 15 is 0 Å². The van der Waals surface area contributed by atoms with Gasteiger partial charge in [-0.2, -0.15) is 0 Å². The fraction of sp³-hybridized carbons (Fsp3) is 0.250. The molecule has 3 aromatic rings. The molecule has 1 aromatic heterocycles. The van der Waals surface area contributed by atoms with Crippen LogP contribution in [-0.2, 0) is 5.41 Å². The highest BCUT2D eigenvalue weighted by molar-refractivity contribution is 5.94. The van der Waals surface area contributed by atoms with Crippen LogP contribution in [-0.4, -0.2) is 10.1 Å². The van der Waals surface area contributed by atoms with Gasteiger partial charge in [0.1, 0.15) is 11.6 Å². The first kappa shape index (κ1) is 15.3. The lowest BCUT2D eigenvalue weighted by molar-refractivity contribution is 0.475. The highest BCUT2D eigenvalue weighted by Crippen LogP contribution is 2.31. The number of aromatic nitrogens is 1. The second-order valence-corrected chi connectivity index (χ2v) is 6.97. The number of rotatable bonds is 2. The fourth-order valence-electron chi connectivity index (χ4n) is 2.65. The molecule has 1 heterocycles. The van der Waals surface area contributed by atoms with Gasteiger partial charge in [-0.3, -0.25) is 0 Å². The number of hydrogen-bond donors (Lipinski definition) is 2. The maximum atomic E-state index is 9.56. The molecule has 2 N–H and O–H groups in total. The smallest absolute Gasteiger partial charge is 0.138 e. The number of pyridine rings is 1. The minimum Gasteiger partial charge on any atom is -0.508 e. The summed E-state index contributed by atoms with van der Waals surface area (Å²) >= 11 is 0. The summed E-state index contributed by atoms with van der Waals surface area (Å²) in [5.41, 5.74) is 3.30. The standard InChI is InChI=1S/C20H22N2O/c1-13-11-16(23)7-8-18(13)22-19-17-12-15(20(2,3)4)6-5-14(17)9-10-21-19/h5-12,23H,1-4H3,(H,21,22). The van der Waals surface area contributed by atoms with Crippen LogP contribution in [0.1, 0.15) is 31.9 Å². The Morgan fingerprint density at radius 1 is 1.00 bits per heavy atom. The maximum Gasteiger partial charge on any atom is 0.138 e. The van der Waals surface area contributed by atoms with Crippen molar-refractivity contribution in [3.63, 3.8) is 0 Å². The number of benzene rings is 2. The van der Waals surface area contributed by atoms with Crippen molar-refractivity contribution in [3.05, 3.63) is 59.8 Å². The second kappa shape index (κ2) is 5.58. The SMILES string of the molecule is Cc1cc(O)ccc1Nc1nccc2ccc(C(C)(C)C)cc12. The van der Waals surface area contributed by atoms with Gasteiger partial charge in [-0.25, -0.2) is 4.98 Å². The molecule has 0 aliphatic rings. The van der Waals surface area contributed by atoms with E-state index in [4.69, 9.17) is 0 Å². The van der Waals surface area contributed by atoms with E-state index < -0.39 is 0 Å². The van der Waals surface area contributed by atoms with E-state index in [9.17, 15) is 5.11 Å². The molecule has 0 radical (unpaired) electrons. The number of nitrogens with zero attached hydrogens (tertiary/aromatic N) is 1. The van der Waals surface area contributed by atoms with Crippen molar-refractivity contribution in [1.29, 1.82) is 0 Å². The Balaban J connectivity index is 2.09. The quantitative estimate of drug-likeness (QED) is 0.632. The molecule has 0 atom stereocenters. The molecule has 0 aliphatic carbocycles. The van der Waals surface area contributed by atoms with Crippen molar-refractivity contribution in [2.75, 3.05) is 5.32 Å². The number of fused-ring (bicyclic) bond motifs is 1. The van der Waals surface area contributed by atoms with E-state index in [0.717, 1.165) is 27.8 Å². The first-order chi connectivity index (χ1) is 10.8. The molecule has 0 fully saturated rings. The number of aryl methyl sites for hydroxylation is 1. The molecule has 0 aliphatic heterocycles. The van der Waals surface area contributed by atoms with Gasteiger partial charge in [0.05, 0.1) is 0 Å². The highest BCUT2D eigenvalue weighted by Gasteiger charge is 2.15. The summed E-state index contributed by atoms with van der Waals surface area (Å²) in [7, 11) is 0. The van der Waals surface area contributed by atoms with Crippen LogP contribution >= 0.6 is 0 Å². The van der Waals surface area contributed by atoms with Crippen LogP contribution < -0.4 is 5.32 Å². The lowest BCUT2D eigenvalue weighted by atomic mass is 9.86. The Labute approximate surface area is 137 Å². The number of hydrogen-bond acceptors (Lipinski definition) is 3. The van der Waals surface area contributed by atoms with E-state index in [1.807, 2.05) is 25.3 Å². The summed E-state index contributed by atoms with van der Waals surface area (Å²) in [6.07, 6.45) is 1.82. The molecule has 3 heteroatoms. The van der Waals surface area contributed by atoms with Crippen LogP contribution in [0.4, 0.5) is 11.5 Å². The van der Waals surface area contributed by atoms with Gasteiger partial charge in [0.25, 0.3) is 0 Å².